The van der Waals surface area contributed by atoms with Gasteiger partial charge in [0, 0.05) is 15.6 Å². The molecule has 1 atom stereocenters. The van der Waals surface area contributed by atoms with Crippen LogP contribution in [0.3, 0.4) is 0 Å². The fraction of sp³-hybridized carbons (Fsp3) is 0.133. The molecular formula is C15H11BrCl2FNO. The summed E-state index contributed by atoms with van der Waals surface area (Å²) in [6, 6.07) is 8.94. The molecule has 2 nitrogen and oxygen atoms in total. The number of benzene rings is 2. The van der Waals surface area contributed by atoms with Crippen LogP contribution in [0.2, 0.25) is 10.0 Å². The van der Waals surface area contributed by atoms with Crippen molar-refractivity contribution in [3.05, 3.63) is 67.9 Å². The van der Waals surface area contributed by atoms with E-state index in [-0.39, 0.29) is 17.5 Å². The van der Waals surface area contributed by atoms with Gasteiger partial charge in [-0.15, -0.1) is 0 Å². The van der Waals surface area contributed by atoms with Crippen molar-refractivity contribution in [2.75, 3.05) is 0 Å². The molecular weight excluding hydrogens is 380 g/mol. The molecule has 2 rings (SSSR count). The minimum atomic E-state index is -0.486. The van der Waals surface area contributed by atoms with Crippen molar-refractivity contribution in [1.29, 1.82) is 0 Å². The summed E-state index contributed by atoms with van der Waals surface area (Å²) in [5.41, 5.74) is 0.986. The highest BCUT2D eigenvalue weighted by molar-refractivity contribution is 9.10. The van der Waals surface area contributed by atoms with Gasteiger partial charge in [-0.25, -0.2) is 4.39 Å². The molecule has 0 spiro atoms. The predicted octanol–water partition coefficient (Wildman–Crippen LogP) is 5.39. The van der Waals surface area contributed by atoms with Gasteiger partial charge < -0.3 is 5.32 Å². The lowest BCUT2D eigenvalue weighted by Crippen LogP contribution is -2.26. The zero-order valence-electron chi connectivity index (χ0n) is 11.0. The smallest absolute Gasteiger partial charge is 0.251 e. The van der Waals surface area contributed by atoms with Gasteiger partial charge in [-0.3, -0.25) is 4.79 Å². The molecule has 2 aromatic rings. The molecule has 0 saturated carbocycles. The van der Waals surface area contributed by atoms with Crippen LogP contribution in [0.4, 0.5) is 4.39 Å². The van der Waals surface area contributed by atoms with Gasteiger partial charge >= 0.3 is 0 Å². The Morgan fingerprint density at radius 1 is 1.24 bits per heavy atom. The number of amides is 1. The highest BCUT2D eigenvalue weighted by Gasteiger charge is 2.15. The van der Waals surface area contributed by atoms with Crippen LogP contribution in [-0.2, 0) is 0 Å². The maximum absolute atomic E-state index is 13.4. The molecule has 0 saturated heterocycles. The average molecular weight is 391 g/mol. The van der Waals surface area contributed by atoms with Gasteiger partial charge in [0.2, 0.25) is 0 Å². The molecule has 1 N–H and O–H groups in total. The van der Waals surface area contributed by atoms with Crippen molar-refractivity contribution in [3.8, 4) is 0 Å². The minimum Gasteiger partial charge on any atom is -0.345 e. The zero-order chi connectivity index (χ0) is 15.6. The van der Waals surface area contributed by atoms with Crippen molar-refractivity contribution in [3.63, 3.8) is 0 Å². The lowest BCUT2D eigenvalue weighted by Gasteiger charge is -2.16. The van der Waals surface area contributed by atoms with Gasteiger partial charge in [0.25, 0.3) is 5.91 Å². The number of halogens is 4. The third-order valence-electron chi connectivity index (χ3n) is 2.96. The first kappa shape index (κ1) is 16.3. The summed E-state index contributed by atoms with van der Waals surface area (Å²) in [6.45, 7) is 1.79. The highest BCUT2D eigenvalue weighted by atomic mass is 79.9. The maximum Gasteiger partial charge on any atom is 0.251 e. The average Bonchev–Trinajstić information content (AvgIpc) is 2.41. The monoisotopic (exact) mass is 389 g/mol. The molecule has 0 aliphatic heterocycles. The molecule has 2 aromatic carbocycles. The third-order valence-corrected chi connectivity index (χ3v) is 4.16. The molecule has 21 heavy (non-hydrogen) atoms. The number of hydrogen-bond donors (Lipinski definition) is 1. The molecule has 1 unspecified atom stereocenters. The lowest BCUT2D eigenvalue weighted by atomic mass is 10.1. The van der Waals surface area contributed by atoms with Crippen molar-refractivity contribution in [1.82, 2.24) is 5.32 Å². The summed E-state index contributed by atoms with van der Waals surface area (Å²) in [5, 5.41) is 3.77. The molecule has 6 heteroatoms. The van der Waals surface area contributed by atoms with Crippen LogP contribution in [-0.4, -0.2) is 5.91 Å². The van der Waals surface area contributed by atoms with Crippen molar-refractivity contribution < 1.29 is 9.18 Å². The Morgan fingerprint density at radius 2 is 1.95 bits per heavy atom. The molecule has 0 radical (unpaired) electrons. The van der Waals surface area contributed by atoms with E-state index in [0.717, 1.165) is 5.56 Å². The fourth-order valence-corrected chi connectivity index (χ4v) is 2.67. The van der Waals surface area contributed by atoms with E-state index >= 15 is 0 Å². The molecule has 0 aliphatic carbocycles. The topological polar surface area (TPSA) is 29.1 Å². The molecule has 0 aliphatic rings. The molecule has 0 aromatic heterocycles. The normalized spacial score (nSPS) is 12.0. The summed E-state index contributed by atoms with van der Waals surface area (Å²) in [7, 11) is 0. The number of carbonyl (C=O) groups is 1. The van der Waals surface area contributed by atoms with Gasteiger partial charge in [-0.05, 0) is 58.7 Å². The second kappa shape index (κ2) is 6.77. The standard InChI is InChI=1S/C15H11BrCl2FNO/c1-8(11-4-3-10(17)7-13(11)18)20-15(21)9-2-5-12(16)14(19)6-9/h2-8H,1H3,(H,20,21). The molecule has 110 valence electrons. The van der Waals surface area contributed by atoms with Crippen LogP contribution >= 0.6 is 39.1 Å². The SMILES string of the molecule is CC(NC(=O)c1ccc(Br)c(F)c1)c1ccc(Cl)cc1Cl. The number of nitrogens with one attached hydrogen (secondary N) is 1. The third kappa shape index (κ3) is 3.96. The highest BCUT2D eigenvalue weighted by Crippen LogP contribution is 2.26. The number of hydrogen-bond acceptors (Lipinski definition) is 1. The largest absolute Gasteiger partial charge is 0.345 e. The Hall–Kier alpha value is -1.10. The Morgan fingerprint density at radius 3 is 2.57 bits per heavy atom. The number of rotatable bonds is 3. The van der Waals surface area contributed by atoms with E-state index in [1.165, 1.54) is 12.1 Å². The quantitative estimate of drug-likeness (QED) is 0.748. The maximum atomic E-state index is 13.4. The van der Waals surface area contributed by atoms with E-state index in [0.29, 0.717) is 14.5 Å². The first-order valence-electron chi connectivity index (χ1n) is 6.09. The van der Waals surface area contributed by atoms with Gasteiger partial charge in [0.05, 0.1) is 10.5 Å². The summed E-state index contributed by atoms with van der Waals surface area (Å²) < 4.78 is 13.8. The predicted molar refractivity (Wildman–Crippen MR) is 86.4 cm³/mol. The Bertz CT molecular complexity index is 693. The fourth-order valence-electron chi connectivity index (χ4n) is 1.85. The van der Waals surface area contributed by atoms with Crippen molar-refractivity contribution in [2.45, 2.75) is 13.0 Å². The van der Waals surface area contributed by atoms with E-state index in [1.807, 2.05) is 0 Å². The van der Waals surface area contributed by atoms with Gasteiger partial charge in [0.1, 0.15) is 5.82 Å². The second-order valence-corrected chi connectivity index (χ2v) is 6.19. The first-order chi connectivity index (χ1) is 9.88. The van der Waals surface area contributed by atoms with Crippen LogP contribution in [0.1, 0.15) is 28.9 Å². The van der Waals surface area contributed by atoms with Gasteiger partial charge in [0.15, 0.2) is 0 Å². The van der Waals surface area contributed by atoms with Crippen LogP contribution in [0.15, 0.2) is 40.9 Å². The first-order valence-corrected chi connectivity index (χ1v) is 7.64. The summed E-state index contributed by atoms with van der Waals surface area (Å²) >= 11 is 15.0. The van der Waals surface area contributed by atoms with E-state index in [9.17, 15) is 9.18 Å². The minimum absolute atomic E-state index is 0.243. The van der Waals surface area contributed by atoms with Gasteiger partial charge in [-0.1, -0.05) is 29.3 Å². The van der Waals surface area contributed by atoms with Crippen LogP contribution in [0, 0.1) is 5.82 Å². The lowest BCUT2D eigenvalue weighted by molar-refractivity contribution is 0.0939. The number of carbonyl (C=O) groups excluding carboxylic acids is 1. The summed E-state index contributed by atoms with van der Waals surface area (Å²) in [6.07, 6.45) is 0. The van der Waals surface area contributed by atoms with Crippen LogP contribution in [0.5, 0.6) is 0 Å². The van der Waals surface area contributed by atoms with Crippen LogP contribution in [0.25, 0.3) is 0 Å². The van der Waals surface area contributed by atoms with Gasteiger partial charge in [-0.2, -0.15) is 0 Å². The van der Waals surface area contributed by atoms with Crippen molar-refractivity contribution in [2.24, 2.45) is 0 Å². The second-order valence-electron chi connectivity index (χ2n) is 4.49. The van der Waals surface area contributed by atoms with E-state index in [1.54, 1.807) is 31.2 Å². The van der Waals surface area contributed by atoms with E-state index in [4.69, 9.17) is 23.2 Å². The Balaban J connectivity index is 2.16. The Labute approximate surface area is 140 Å². The van der Waals surface area contributed by atoms with Crippen molar-refractivity contribution >= 4 is 45.0 Å². The Kier molecular flexibility index (Phi) is 5.25. The molecule has 0 bridgehead atoms. The van der Waals surface area contributed by atoms with Crippen LogP contribution < -0.4 is 5.32 Å². The molecule has 0 heterocycles. The summed E-state index contributed by atoms with van der Waals surface area (Å²) in [5.74, 6) is -0.861. The molecule has 1 amide bonds. The van der Waals surface area contributed by atoms with E-state index < -0.39 is 5.82 Å². The molecule has 0 fully saturated rings. The zero-order valence-corrected chi connectivity index (χ0v) is 14.1. The van der Waals surface area contributed by atoms with E-state index in [2.05, 4.69) is 21.2 Å². The summed E-state index contributed by atoms with van der Waals surface area (Å²) in [4.78, 5) is 12.1.